The molecule has 0 aliphatic heterocycles. The molecule has 0 amide bonds. The summed E-state index contributed by atoms with van der Waals surface area (Å²) in [7, 11) is -1.09. The number of fused-ring (bicyclic) bond motifs is 1. The molecular formula is C15H17N5O2S. The van der Waals surface area contributed by atoms with Crippen LogP contribution in [-0.4, -0.2) is 53.8 Å². The topological polar surface area (TPSA) is 81.0 Å². The fourth-order valence-electron chi connectivity index (χ4n) is 2.25. The van der Waals surface area contributed by atoms with Crippen LogP contribution in [0, 0.1) is 0 Å². The average molecular weight is 331 g/mol. The number of benzene rings is 1. The molecule has 120 valence electrons. The lowest BCUT2D eigenvalue weighted by Crippen LogP contribution is -2.24. The Hall–Kier alpha value is -2.48. The van der Waals surface area contributed by atoms with Gasteiger partial charge >= 0.3 is 0 Å². The standard InChI is InChI=1S/C15H17N5O2S/c1-19(7-8-23(2,21)22)13-3-5-14(6-4-13)20-15-12(10-18-20)9-16-11-17-15/h3-6,9-11H,7-8H2,1-2H3. The average Bonchev–Trinajstić information content (AvgIpc) is 2.96. The zero-order valence-corrected chi connectivity index (χ0v) is 13.7. The summed E-state index contributed by atoms with van der Waals surface area (Å²) >= 11 is 0. The fourth-order valence-corrected chi connectivity index (χ4v) is 2.85. The van der Waals surface area contributed by atoms with Crippen LogP contribution >= 0.6 is 0 Å². The van der Waals surface area contributed by atoms with Gasteiger partial charge in [-0.3, -0.25) is 0 Å². The van der Waals surface area contributed by atoms with Crippen molar-refractivity contribution in [2.45, 2.75) is 0 Å². The van der Waals surface area contributed by atoms with Gasteiger partial charge in [-0.05, 0) is 24.3 Å². The van der Waals surface area contributed by atoms with Crippen molar-refractivity contribution in [3.63, 3.8) is 0 Å². The van der Waals surface area contributed by atoms with Gasteiger partial charge in [0.1, 0.15) is 16.2 Å². The molecule has 0 spiro atoms. The van der Waals surface area contributed by atoms with Gasteiger partial charge < -0.3 is 4.90 Å². The van der Waals surface area contributed by atoms with E-state index in [1.165, 1.54) is 12.6 Å². The highest BCUT2D eigenvalue weighted by molar-refractivity contribution is 7.90. The Bertz CT molecular complexity index is 918. The van der Waals surface area contributed by atoms with Crippen molar-refractivity contribution >= 4 is 26.6 Å². The van der Waals surface area contributed by atoms with Gasteiger partial charge in [-0.1, -0.05) is 0 Å². The summed E-state index contributed by atoms with van der Waals surface area (Å²) in [4.78, 5) is 10.1. The molecule has 7 nitrogen and oxygen atoms in total. The van der Waals surface area contributed by atoms with Gasteiger partial charge in [0.25, 0.3) is 0 Å². The molecule has 0 radical (unpaired) electrons. The minimum atomic E-state index is -2.97. The van der Waals surface area contributed by atoms with Gasteiger partial charge in [0, 0.05) is 31.7 Å². The van der Waals surface area contributed by atoms with Gasteiger partial charge in [0.2, 0.25) is 0 Å². The van der Waals surface area contributed by atoms with Crippen molar-refractivity contribution in [2.75, 3.05) is 30.5 Å². The number of anilines is 1. The summed E-state index contributed by atoms with van der Waals surface area (Å²) in [5.74, 6) is 0.131. The first-order valence-corrected chi connectivity index (χ1v) is 9.13. The molecule has 2 heterocycles. The zero-order valence-electron chi connectivity index (χ0n) is 12.9. The van der Waals surface area contributed by atoms with Crippen LogP contribution in [0.15, 0.2) is 43.0 Å². The lowest BCUT2D eigenvalue weighted by atomic mass is 10.2. The normalized spacial score (nSPS) is 11.7. The summed E-state index contributed by atoms with van der Waals surface area (Å²) < 4.78 is 24.2. The maximum atomic E-state index is 11.3. The Kier molecular flexibility index (Phi) is 3.99. The van der Waals surface area contributed by atoms with Crippen LogP contribution in [0.25, 0.3) is 16.7 Å². The predicted molar refractivity (Wildman–Crippen MR) is 89.6 cm³/mol. The molecule has 0 saturated heterocycles. The molecule has 0 aliphatic carbocycles. The second-order valence-electron chi connectivity index (χ2n) is 5.43. The first-order chi connectivity index (χ1) is 10.9. The van der Waals surface area contributed by atoms with Crippen molar-refractivity contribution in [2.24, 2.45) is 0 Å². The first-order valence-electron chi connectivity index (χ1n) is 7.07. The van der Waals surface area contributed by atoms with Crippen molar-refractivity contribution in [1.82, 2.24) is 19.7 Å². The maximum absolute atomic E-state index is 11.3. The third-order valence-electron chi connectivity index (χ3n) is 3.56. The summed E-state index contributed by atoms with van der Waals surface area (Å²) in [5, 5.41) is 5.21. The van der Waals surface area contributed by atoms with Crippen LogP contribution in [-0.2, 0) is 9.84 Å². The number of hydrogen-bond acceptors (Lipinski definition) is 6. The van der Waals surface area contributed by atoms with Crippen LogP contribution in [0.3, 0.4) is 0 Å². The van der Waals surface area contributed by atoms with E-state index >= 15 is 0 Å². The Morgan fingerprint density at radius 1 is 1.17 bits per heavy atom. The second kappa shape index (κ2) is 5.96. The van der Waals surface area contributed by atoms with E-state index in [2.05, 4.69) is 15.1 Å². The molecule has 0 bridgehead atoms. The third-order valence-corrected chi connectivity index (χ3v) is 4.49. The van der Waals surface area contributed by atoms with Gasteiger partial charge in [-0.25, -0.2) is 23.1 Å². The molecule has 23 heavy (non-hydrogen) atoms. The molecule has 0 unspecified atom stereocenters. The van der Waals surface area contributed by atoms with Crippen molar-refractivity contribution < 1.29 is 8.42 Å². The van der Waals surface area contributed by atoms with E-state index in [4.69, 9.17) is 0 Å². The minimum Gasteiger partial charge on any atom is -0.374 e. The van der Waals surface area contributed by atoms with Crippen molar-refractivity contribution in [3.05, 3.63) is 43.0 Å². The first kappa shape index (κ1) is 15.4. The van der Waals surface area contributed by atoms with Crippen LogP contribution in [0.2, 0.25) is 0 Å². The molecule has 0 fully saturated rings. The Morgan fingerprint density at radius 2 is 1.91 bits per heavy atom. The van der Waals surface area contributed by atoms with Crippen molar-refractivity contribution in [3.8, 4) is 5.69 Å². The van der Waals surface area contributed by atoms with E-state index in [0.29, 0.717) is 6.54 Å². The number of hydrogen-bond donors (Lipinski definition) is 0. The predicted octanol–water partition coefficient (Wildman–Crippen LogP) is 1.30. The van der Waals surface area contributed by atoms with Gasteiger partial charge in [0.15, 0.2) is 5.65 Å². The Morgan fingerprint density at radius 3 is 2.61 bits per heavy atom. The SMILES string of the molecule is CN(CCS(C)(=O)=O)c1ccc(-n2ncc3cncnc32)cc1. The van der Waals surface area contributed by atoms with Crippen LogP contribution in [0.5, 0.6) is 0 Å². The molecule has 3 aromatic rings. The van der Waals surface area contributed by atoms with E-state index in [9.17, 15) is 8.42 Å². The van der Waals surface area contributed by atoms with Crippen LogP contribution in [0.4, 0.5) is 5.69 Å². The van der Waals surface area contributed by atoms with Gasteiger partial charge in [-0.15, -0.1) is 0 Å². The molecule has 0 atom stereocenters. The van der Waals surface area contributed by atoms with Gasteiger partial charge in [-0.2, -0.15) is 5.10 Å². The molecular weight excluding hydrogens is 314 g/mol. The smallest absolute Gasteiger partial charge is 0.166 e. The van der Waals surface area contributed by atoms with E-state index in [0.717, 1.165) is 22.4 Å². The van der Waals surface area contributed by atoms with Gasteiger partial charge in [0.05, 0.1) is 23.0 Å². The quantitative estimate of drug-likeness (QED) is 0.701. The molecule has 1 aromatic carbocycles. The minimum absolute atomic E-state index is 0.131. The molecule has 0 aliphatic rings. The monoisotopic (exact) mass is 331 g/mol. The molecule has 3 rings (SSSR count). The lowest BCUT2D eigenvalue weighted by molar-refractivity contribution is 0.601. The van der Waals surface area contributed by atoms with Crippen LogP contribution < -0.4 is 4.90 Å². The summed E-state index contributed by atoms with van der Waals surface area (Å²) in [6.07, 6.45) is 6.18. The van der Waals surface area contributed by atoms with E-state index < -0.39 is 9.84 Å². The number of aromatic nitrogens is 4. The highest BCUT2D eigenvalue weighted by Crippen LogP contribution is 2.19. The third kappa shape index (κ3) is 3.48. The molecule has 2 aromatic heterocycles. The highest BCUT2D eigenvalue weighted by atomic mass is 32.2. The van der Waals surface area contributed by atoms with E-state index in [1.54, 1.807) is 17.1 Å². The maximum Gasteiger partial charge on any atom is 0.166 e. The second-order valence-corrected chi connectivity index (χ2v) is 7.69. The highest BCUT2D eigenvalue weighted by Gasteiger charge is 2.09. The number of nitrogens with zero attached hydrogens (tertiary/aromatic N) is 5. The van der Waals surface area contributed by atoms with E-state index in [-0.39, 0.29) is 5.75 Å². The fraction of sp³-hybridized carbons (Fsp3) is 0.267. The molecule has 0 N–H and O–H groups in total. The summed E-state index contributed by atoms with van der Waals surface area (Å²) in [6.45, 7) is 0.454. The Labute approximate surface area is 134 Å². The van der Waals surface area contributed by atoms with Crippen LogP contribution in [0.1, 0.15) is 0 Å². The summed E-state index contributed by atoms with van der Waals surface area (Å²) in [5.41, 5.74) is 2.58. The molecule has 8 heteroatoms. The Balaban J connectivity index is 1.82. The number of sulfone groups is 1. The van der Waals surface area contributed by atoms with E-state index in [1.807, 2.05) is 36.2 Å². The molecule has 0 saturated carbocycles. The lowest BCUT2D eigenvalue weighted by Gasteiger charge is -2.19. The zero-order chi connectivity index (χ0) is 16.4. The summed E-state index contributed by atoms with van der Waals surface area (Å²) in [6, 6.07) is 7.74. The number of rotatable bonds is 5. The largest absolute Gasteiger partial charge is 0.374 e. The van der Waals surface area contributed by atoms with Crippen molar-refractivity contribution in [1.29, 1.82) is 0 Å².